The van der Waals surface area contributed by atoms with E-state index in [1.54, 1.807) is 29.2 Å². The van der Waals surface area contributed by atoms with Crippen molar-refractivity contribution in [2.24, 2.45) is 0 Å². The molecule has 0 bridgehead atoms. The minimum Gasteiger partial charge on any atom is -0.333 e. The number of nitrogens with zero attached hydrogens (tertiary/aromatic N) is 3. The molecule has 0 aliphatic rings. The van der Waals surface area contributed by atoms with Crippen LogP contribution in [0.4, 0.5) is 4.39 Å². The monoisotopic (exact) mass is 444 g/mol. The smallest absolute Gasteiger partial charge is 0.254 e. The Hall–Kier alpha value is -3.06. The molecule has 0 atom stereocenters. The Morgan fingerprint density at radius 1 is 1.19 bits per heavy atom. The first-order valence-electron chi connectivity index (χ1n) is 9.51. The second kappa shape index (κ2) is 10.8. The summed E-state index contributed by atoms with van der Waals surface area (Å²) in [5, 5.41) is 8.95. The highest BCUT2D eigenvalue weighted by atomic mass is 32.2. The van der Waals surface area contributed by atoms with Gasteiger partial charge in [-0.05, 0) is 50.0 Å². The van der Waals surface area contributed by atoms with E-state index in [2.05, 4.69) is 11.3 Å². The molecule has 1 amide bonds. The lowest BCUT2D eigenvalue weighted by Gasteiger charge is -2.25. The van der Waals surface area contributed by atoms with Gasteiger partial charge >= 0.3 is 0 Å². The van der Waals surface area contributed by atoms with Crippen LogP contribution in [0, 0.1) is 17.1 Å². The number of halogens is 1. The standard InChI is InChI=1S/C22H25FN4O3S/c1-4-11-25-31(29,30)21-14-19(9-10-20(21)23)22(28)27(13-12-26(2)3)16-18-7-5-17(15-24)6-8-18/h4-10,14,25H,1,11-13,16H2,2-3H3. The lowest BCUT2D eigenvalue weighted by Crippen LogP contribution is -2.36. The summed E-state index contributed by atoms with van der Waals surface area (Å²) in [6.07, 6.45) is 1.34. The highest BCUT2D eigenvalue weighted by Crippen LogP contribution is 2.19. The molecule has 7 nitrogen and oxygen atoms in total. The predicted molar refractivity (Wildman–Crippen MR) is 116 cm³/mol. The van der Waals surface area contributed by atoms with Gasteiger partial charge in [0.2, 0.25) is 10.0 Å². The third kappa shape index (κ3) is 6.72. The van der Waals surface area contributed by atoms with Crippen LogP contribution in [-0.2, 0) is 16.6 Å². The van der Waals surface area contributed by atoms with E-state index in [9.17, 15) is 17.6 Å². The zero-order valence-corrected chi connectivity index (χ0v) is 18.3. The fraction of sp³-hybridized carbons (Fsp3) is 0.273. The van der Waals surface area contributed by atoms with Crippen LogP contribution in [0.25, 0.3) is 0 Å². The lowest BCUT2D eigenvalue weighted by atomic mass is 10.1. The molecule has 0 aromatic heterocycles. The van der Waals surface area contributed by atoms with Crippen LogP contribution in [0.3, 0.4) is 0 Å². The first kappa shape index (κ1) is 24.2. The molecule has 2 aromatic carbocycles. The molecule has 0 radical (unpaired) electrons. The minimum atomic E-state index is -4.13. The van der Waals surface area contributed by atoms with Crippen molar-refractivity contribution >= 4 is 15.9 Å². The fourth-order valence-corrected chi connectivity index (χ4v) is 3.85. The molecule has 31 heavy (non-hydrogen) atoms. The molecule has 0 fully saturated rings. The maximum absolute atomic E-state index is 14.2. The normalized spacial score (nSPS) is 11.2. The number of sulfonamides is 1. The van der Waals surface area contributed by atoms with Crippen LogP contribution in [0.2, 0.25) is 0 Å². The summed E-state index contributed by atoms with van der Waals surface area (Å²) in [4.78, 5) is 16.1. The Bertz CT molecular complexity index is 1080. The first-order chi connectivity index (χ1) is 14.7. The van der Waals surface area contributed by atoms with E-state index in [4.69, 9.17) is 5.26 Å². The zero-order chi connectivity index (χ0) is 23.0. The van der Waals surface area contributed by atoms with Gasteiger partial charge in [-0.1, -0.05) is 18.2 Å². The Balaban J connectivity index is 2.35. The van der Waals surface area contributed by atoms with Crippen LogP contribution in [0.1, 0.15) is 21.5 Å². The molecule has 0 unspecified atom stereocenters. The average Bonchev–Trinajstić information content (AvgIpc) is 2.75. The number of likely N-dealkylation sites (N-methyl/N-ethyl adjacent to an activating group) is 1. The molecular formula is C22H25FN4O3S. The number of benzene rings is 2. The van der Waals surface area contributed by atoms with Gasteiger partial charge in [0.15, 0.2) is 0 Å². The van der Waals surface area contributed by atoms with Crippen molar-refractivity contribution in [1.29, 1.82) is 5.26 Å². The van der Waals surface area contributed by atoms with Crippen LogP contribution in [-0.4, -0.2) is 57.9 Å². The van der Waals surface area contributed by atoms with E-state index in [1.165, 1.54) is 12.1 Å². The summed E-state index contributed by atoms with van der Waals surface area (Å²) in [5.74, 6) is -1.37. The second-order valence-corrected chi connectivity index (χ2v) is 8.86. The highest BCUT2D eigenvalue weighted by Gasteiger charge is 2.23. The number of amides is 1. The summed E-state index contributed by atoms with van der Waals surface area (Å²) < 4.78 is 41.2. The van der Waals surface area contributed by atoms with Crippen molar-refractivity contribution in [1.82, 2.24) is 14.5 Å². The highest BCUT2D eigenvalue weighted by molar-refractivity contribution is 7.89. The van der Waals surface area contributed by atoms with Crippen molar-refractivity contribution < 1.29 is 17.6 Å². The molecule has 1 N–H and O–H groups in total. The Labute approximate surface area is 182 Å². The van der Waals surface area contributed by atoms with Gasteiger partial charge in [0.25, 0.3) is 5.91 Å². The summed E-state index contributed by atoms with van der Waals surface area (Å²) in [7, 11) is -0.387. The van der Waals surface area contributed by atoms with E-state index in [-0.39, 0.29) is 18.7 Å². The summed E-state index contributed by atoms with van der Waals surface area (Å²) in [6.45, 7) is 4.58. The molecule has 0 aliphatic carbocycles. The molecule has 2 aromatic rings. The van der Waals surface area contributed by atoms with Crippen molar-refractivity contribution in [2.45, 2.75) is 11.4 Å². The van der Waals surface area contributed by atoms with Gasteiger partial charge in [0.1, 0.15) is 10.7 Å². The molecule has 9 heteroatoms. The van der Waals surface area contributed by atoms with Gasteiger partial charge in [-0.2, -0.15) is 5.26 Å². The van der Waals surface area contributed by atoms with E-state index in [1.807, 2.05) is 25.1 Å². The van der Waals surface area contributed by atoms with Gasteiger partial charge in [0, 0.05) is 31.7 Å². The molecule has 164 valence electrons. The first-order valence-corrected chi connectivity index (χ1v) is 11.0. The predicted octanol–water partition coefficient (Wildman–Crippen LogP) is 2.37. The van der Waals surface area contributed by atoms with Crippen molar-refractivity contribution in [2.75, 3.05) is 33.7 Å². The lowest BCUT2D eigenvalue weighted by molar-refractivity contribution is 0.0731. The number of carbonyl (C=O) groups is 1. The fourth-order valence-electron chi connectivity index (χ4n) is 2.75. The molecule has 0 aliphatic heterocycles. The number of nitriles is 1. The van der Waals surface area contributed by atoms with Gasteiger partial charge < -0.3 is 9.80 Å². The molecule has 0 spiro atoms. The van der Waals surface area contributed by atoms with Crippen LogP contribution in [0.15, 0.2) is 60.0 Å². The van der Waals surface area contributed by atoms with Crippen molar-refractivity contribution in [3.63, 3.8) is 0 Å². The maximum Gasteiger partial charge on any atom is 0.254 e. The number of hydrogen-bond donors (Lipinski definition) is 1. The number of carbonyl (C=O) groups excluding carboxylic acids is 1. The quantitative estimate of drug-likeness (QED) is 0.568. The molecule has 2 rings (SSSR count). The summed E-state index contributed by atoms with van der Waals surface area (Å²) >= 11 is 0. The maximum atomic E-state index is 14.2. The van der Waals surface area contributed by atoms with Gasteiger partial charge in [-0.3, -0.25) is 4.79 Å². The molecule has 0 saturated heterocycles. The Morgan fingerprint density at radius 2 is 1.87 bits per heavy atom. The second-order valence-electron chi connectivity index (χ2n) is 7.12. The summed E-state index contributed by atoms with van der Waals surface area (Å²) in [6, 6.07) is 12.2. The van der Waals surface area contributed by atoms with E-state index in [0.29, 0.717) is 18.7 Å². The van der Waals surface area contributed by atoms with Crippen LogP contribution < -0.4 is 4.72 Å². The Morgan fingerprint density at radius 3 is 2.45 bits per heavy atom. The number of hydrogen-bond acceptors (Lipinski definition) is 5. The van der Waals surface area contributed by atoms with E-state index >= 15 is 0 Å². The molecule has 0 saturated carbocycles. The summed E-state index contributed by atoms with van der Waals surface area (Å²) in [5.41, 5.74) is 1.39. The van der Waals surface area contributed by atoms with Crippen molar-refractivity contribution in [3.05, 3.63) is 77.6 Å². The SMILES string of the molecule is C=CCNS(=O)(=O)c1cc(C(=O)N(CCN(C)C)Cc2ccc(C#N)cc2)ccc1F. The molecular weight excluding hydrogens is 419 g/mol. The third-order valence-electron chi connectivity index (χ3n) is 4.45. The van der Waals surface area contributed by atoms with E-state index in [0.717, 1.165) is 17.7 Å². The third-order valence-corrected chi connectivity index (χ3v) is 5.88. The number of rotatable bonds is 10. The zero-order valence-electron chi connectivity index (χ0n) is 17.5. The van der Waals surface area contributed by atoms with Crippen LogP contribution >= 0.6 is 0 Å². The topological polar surface area (TPSA) is 93.5 Å². The average molecular weight is 445 g/mol. The van der Waals surface area contributed by atoms with E-state index < -0.39 is 26.6 Å². The molecule has 0 heterocycles. The van der Waals surface area contributed by atoms with Crippen molar-refractivity contribution in [3.8, 4) is 6.07 Å². The largest absolute Gasteiger partial charge is 0.333 e. The minimum absolute atomic E-state index is 0.0619. The number of nitrogens with one attached hydrogen (secondary N) is 1. The van der Waals surface area contributed by atoms with Crippen LogP contribution in [0.5, 0.6) is 0 Å². The Kier molecular flexibility index (Phi) is 8.45. The van der Waals surface area contributed by atoms with Gasteiger partial charge in [-0.15, -0.1) is 6.58 Å². The van der Waals surface area contributed by atoms with Gasteiger partial charge in [0.05, 0.1) is 11.6 Å². The van der Waals surface area contributed by atoms with Gasteiger partial charge in [-0.25, -0.2) is 17.5 Å².